The molecule has 0 aliphatic carbocycles. The molecular formula is C150H98. The van der Waals surface area contributed by atoms with Crippen LogP contribution in [-0.4, -0.2) is 0 Å². The maximum Gasteiger partial charge on any atom is -0.00197 e. The summed E-state index contributed by atoms with van der Waals surface area (Å²) >= 11 is 0. The van der Waals surface area contributed by atoms with Crippen molar-refractivity contribution in [2.24, 2.45) is 0 Å². The van der Waals surface area contributed by atoms with E-state index in [1.54, 1.807) is 0 Å². The van der Waals surface area contributed by atoms with Gasteiger partial charge in [-0.3, -0.25) is 0 Å². The molecule has 0 bridgehead atoms. The Morgan fingerprint density at radius 1 is 0.0667 bits per heavy atom. The molecule has 0 saturated heterocycles. The third-order valence-corrected chi connectivity index (χ3v) is 30.7. The molecule has 0 nitrogen and oxygen atoms in total. The summed E-state index contributed by atoms with van der Waals surface area (Å²) in [7, 11) is 0. The van der Waals surface area contributed by atoms with E-state index in [0.717, 1.165) is 0 Å². The van der Waals surface area contributed by atoms with Crippen molar-refractivity contribution in [3.05, 3.63) is 595 Å². The number of rotatable bonds is 14. The summed E-state index contributed by atoms with van der Waals surface area (Å²) in [5.41, 5.74) is 34.6. The van der Waals surface area contributed by atoms with Gasteiger partial charge in [-0.1, -0.05) is 546 Å². The lowest BCUT2D eigenvalue weighted by atomic mass is 9.82. The minimum Gasteiger partial charge on any atom is -0.0622 e. The Morgan fingerprint density at radius 2 is 0.240 bits per heavy atom. The first-order valence-corrected chi connectivity index (χ1v) is 52.0. The zero-order valence-electron chi connectivity index (χ0n) is 82.6. The summed E-state index contributed by atoms with van der Waals surface area (Å²) in [5.74, 6) is 0. The maximum atomic E-state index is 2.43. The number of hydrogen-bond donors (Lipinski definition) is 0. The van der Waals surface area contributed by atoms with Gasteiger partial charge in [-0.2, -0.15) is 0 Å². The largest absolute Gasteiger partial charge is 0.0622 e. The van der Waals surface area contributed by atoms with Crippen LogP contribution in [0.25, 0.3) is 285 Å². The summed E-state index contributed by atoms with van der Waals surface area (Å²) in [6.07, 6.45) is 0. The van der Waals surface area contributed by atoms with Gasteiger partial charge in [-0.05, 0) is 334 Å². The summed E-state index contributed by atoms with van der Waals surface area (Å²) in [4.78, 5) is 0. The molecule has 0 spiro atoms. The second-order valence-corrected chi connectivity index (χ2v) is 39.3. The monoisotopic (exact) mass is 1900 g/mol. The quantitative estimate of drug-likeness (QED) is 0.0952. The van der Waals surface area contributed by atoms with Crippen LogP contribution in [0.15, 0.2) is 595 Å². The van der Waals surface area contributed by atoms with Gasteiger partial charge in [0.05, 0.1) is 0 Å². The molecule has 29 aromatic rings. The van der Waals surface area contributed by atoms with E-state index in [1.165, 1.54) is 285 Å². The second kappa shape index (κ2) is 38.9. The molecule has 0 aromatic heterocycles. The van der Waals surface area contributed by atoms with Crippen LogP contribution in [-0.2, 0) is 0 Å². The third-order valence-electron chi connectivity index (χ3n) is 30.7. The molecule has 0 aliphatic rings. The smallest absolute Gasteiger partial charge is 0.00197 e. The van der Waals surface area contributed by atoms with E-state index >= 15 is 0 Å². The molecule has 0 saturated carbocycles. The van der Waals surface area contributed by atoms with Crippen LogP contribution in [0.3, 0.4) is 0 Å². The van der Waals surface area contributed by atoms with E-state index in [2.05, 4.69) is 595 Å². The highest BCUT2D eigenvalue weighted by Gasteiger charge is 2.27. The fourth-order valence-corrected chi connectivity index (χ4v) is 23.7. The molecule has 29 aromatic carbocycles. The molecule has 0 heteroatoms. The molecule has 29 rings (SSSR count). The molecule has 0 radical (unpaired) electrons. The lowest BCUT2D eigenvalue weighted by molar-refractivity contribution is 1.62. The highest BCUT2D eigenvalue weighted by molar-refractivity contribution is 6.29. The molecule has 150 heavy (non-hydrogen) atoms. The third kappa shape index (κ3) is 16.4. The predicted molar refractivity (Wildman–Crippen MR) is 646 cm³/mol. The number of hydrogen-bond acceptors (Lipinski definition) is 0. The first kappa shape index (κ1) is 89.4. The highest BCUT2D eigenvalue weighted by Crippen LogP contribution is 2.54. The predicted octanol–water partition coefficient (Wildman–Crippen LogP) is 42.2. The Hall–Kier alpha value is -19.5. The standard InChI is InChI=1S/2C52H34.C46H30/c1-4-14-35(15-5-1)40-28-30-47-49(33-40)52(46-25-13-23-44-43(22-12-24-45(44)46)38-19-8-3-9-20-38)50-34-41(36-16-6-2-7-17-36)29-31-48(50)51(47)42-27-26-37-18-10-11-21-39(37)32-42;1-4-14-35(15-5-1)40-27-29-48-49(33-40)51(42-25-24-37-18-10-11-21-39(37)32-42)47-28-26-41(36-16-6-2-7-17-36)34-50(47)52(48)46-31-30-43(38-19-8-3-9-20-38)44-22-12-13-23-45(44)46;1-3-13-31(14-4-1)35-25-26-43-44(30-35)46(42-28-27-37(33-16-5-2-6-17-33)38-19-9-10-20-39(38)42)41-22-12-11-21-40(41)45(43)36-24-23-32-15-7-8-18-34(32)29-36/h2*1-34H;1-30H. The number of benzene rings is 29. The van der Waals surface area contributed by atoms with E-state index in [-0.39, 0.29) is 0 Å². The molecule has 0 N–H and O–H groups in total. The van der Waals surface area contributed by atoms with Crippen molar-refractivity contribution >= 4 is 129 Å². The highest BCUT2D eigenvalue weighted by atomic mass is 14.3. The van der Waals surface area contributed by atoms with Crippen LogP contribution in [0, 0.1) is 0 Å². The zero-order chi connectivity index (χ0) is 99.3. The lowest BCUT2D eigenvalue weighted by Crippen LogP contribution is -1.94. The summed E-state index contributed by atoms with van der Waals surface area (Å²) in [6.45, 7) is 0. The van der Waals surface area contributed by atoms with Gasteiger partial charge in [-0.25, -0.2) is 0 Å². The normalized spacial score (nSPS) is 11.5. The zero-order valence-corrected chi connectivity index (χ0v) is 82.6. The molecule has 0 atom stereocenters. The van der Waals surface area contributed by atoms with Crippen molar-refractivity contribution in [2.45, 2.75) is 0 Å². The van der Waals surface area contributed by atoms with Crippen LogP contribution >= 0.6 is 0 Å². The first-order chi connectivity index (χ1) is 74.4. The van der Waals surface area contributed by atoms with Crippen molar-refractivity contribution in [1.82, 2.24) is 0 Å². The van der Waals surface area contributed by atoms with Gasteiger partial charge in [0.1, 0.15) is 0 Å². The summed E-state index contributed by atoms with van der Waals surface area (Å²) in [5, 5.41) is 30.1. The Bertz CT molecular complexity index is 10200. The van der Waals surface area contributed by atoms with Crippen molar-refractivity contribution < 1.29 is 0 Å². The fraction of sp³-hybridized carbons (Fsp3) is 0. The van der Waals surface area contributed by atoms with Gasteiger partial charge in [0, 0.05) is 0 Å². The SMILES string of the molecule is c1ccc(-c2ccc3c(-c4ccc(-c5ccccc5)c5ccccc45)c4cc(-c5ccccc5)ccc4c(-c4ccc5ccccc5c4)c3c2)cc1.c1ccc(-c2ccc3c(-c4ccc5ccccc5c4)c4ccc(-c5ccccc5)cc4c(-c4cccc5c(-c6ccccc6)cccc45)c3c2)cc1.c1ccc(-c2ccc3c(-c4ccc5ccccc5c4)c4ccccc4c(-c4ccc(-c5ccccc5)c5ccccc45)c3c2)cc1. The van der Waals surface area contributed by atoms with Crippen molar-refractivity contribution in [1.29, 1.82) is 0 Å². The van der Waals surface area contributed by atoms with E-state index in [4.69, 9.17) is 0 Å². The molecular weight excluding hydrogens is 1800 g/mol. The Morgan fingerprint density at radius 3 is 0.533 bits per heavy atom. The molecule has 0 amide bonds. The van der Waals surface area contributed by atoms with Crippen molar-refractivity contribution in [3.63, 3.8) is 0 Å². The second-order valence-electron chi connectivity index (χ2n) is 39.3. The van der Waals surface area contributed by atoms with E-state index in [0.29, 0.717) is 0 Å². The molecule has 698 valence electrons. The van der Waals surface area contributed by atoms with Crippen LogP contribution in [0.1, 0.15) is 0 Å². The van der Waals surface area contributed by atoms with Gasteiger partial charge >= 0.3 is 0 Å². The van der Waals surface area contributed by atoms with Gasteiger partial charge in [0.2, 0.25) is 0 Å². The molecule has 0 aliphatic heterocycles. The Kier molecular flexibility index (Phi) is 23.2. The minimum atomic E-state index is 1.21. The first-order valence-electron chi connectivity index (χ1n) is 52.0. The minimum absolute atomic E-state index is 1.21. The average molecular weight is 1900 g/mol. The van der Waals surface area contributed by atoms with Crippen molar-refractivity contribution in [3.8, 4) is 156 Å². The van der Waals surface area contributed by atoms with Crippen LogP contribution in [0.2, 0.25) is 0 Å². The average Bonchev–Trinajstić information content (AvgIpc) is 0.723. The summed E-state index contributed by atoms with van der Waals surface area (Å²) < 4.78 is 0. The topological polar surface area (TPSA) is 0 Å². The van der Waals surface area contributed by atoms with Gasteiger partial charge < -0.3 is 0 Å². The van der Waals surface area contributed by atoms with Crippen LogP contribution in [0.4, 0.5) is 0 Å². The Balaban J connectivity index is 0.000000111. The van der Waals surface area contributed by atoms with Gasteiger partial charge in [0.25, 0.3) is 0 Å². The van der Waals surface area contributed by atoms with E-state index in [9.17, 15) is 0 Å². The fourth-order valence-electron chi connectivity index (χ4n) is 23.7. The van der Waals surface area contributed by atoms with Crippen molar-refractivity contribution in [2.75, 3.05) is 0 Å². The molecule has 0 unspecified atom stereocenters. The van der Waals surface area contributed by atoms with Crippen LogP contribution in [0.5, 0.6) is 0 Å². The van der Waals surface area contributed by atoms with E-state index in [1.807, 2.05) is 0 Å². The van der Waals surface area contributed by atoms with E-state index < -0.39 is 0 Å². The number of fused-ring (bicyclic) bond motifs is 12. The lowest BCUT2D eigenvalue weighted by Gasteiger charge is -2.21. The molecule has 0 fully saturated rings. The molecule has 0 heterocycles. The summed E-state index contributed by atoms with van der Waals surface area (Å²) in [6, 6.07) is 218. The van der Waals surface area contributed by atoms with Crippen LogP contribution < -0.4 is 0 Å². The Labute approximate surface area is 873 Å². The maximum absolute atomic E-state index is 2.43. The van der Waals surface area contributed by atoms with Gasteiger partial charge in [-0.15, -0.1) is 0 Å². The van der Waals surface area contributed by atoms with Gasteiger partial charge in [0.15, 0.2) is 0 Å².